The number of nitrogens with one attached hydrogen (secondary N) is 3. The molecule has 3 N–H and O–H groups in total. The van der Waals surface area contributed by atoms with E-state index in [-0.39, 0.29) is 0 Å². The van der Waals surface area contributed by atoms with Crippen LogP contribution in [0, 0.1) is 0 Å². The summed E-state index contributed by atoms with van der Waals surface area (Å²) in [5, 5.41) is 0.661. The zero-order valence-electron chi connectivity index (χ0n) is 9.69. The number of rotatable bonds is 6. The van der Waals surface area contributed by atoms with Gasteiger partial charge in [0.2, 0.25) is 0 Å². The fourth-order valence-corrected chi connectivity index (χ4v) is 1.35. The topological polar surface area (TPSA) is 38.0 Å². The van der Waals surface area contributed by atoms with E-state index in [1.54, 1.807) is 6.08 Å². The molecule has 0 aliphatic heterocycles. The molecule has 1 rings (SSSR count). The number of benzene rings is 1. The van der Waals surface area contributed by atoms with Crippen molar-refractivity contribution in [3.63, 3.8) is 0 Å². The molecule has 0 aromatic heterocycles. The molecule has 1 aromatic rings. The highest BCUT2D eigenvalue weighted by atomic mass is 32.1. The van der Waals surface area contributed by atoms with Crippen molar-refractivity contribution in [1.29, 1.82) is 0 Å². The van der Waals surface area contributed by atoms with E-state index >= 15 is 0 Å². The summed E-state index contributed by atoms with van der Waals surface area (Å²) in [4.78, 5) is 3.00. The van der Waals surface area contributed by atoms with Crippen LogP contribution in [0.25, 0.3) is 0 Å². The first-order chi connectivity index (χ1) is 8.33. The van der Waals surface area contributed by atoms with E-state index in [0.717, 1.165) is 6.42 Å². The van der Waals surface area contributed by atoms with Crippen LogP contribution in [0.5, 0.6) is 0 Å². The van der Waals surface area contributed by atoms with Crippen LogP contribution < -0.4 is 15.8 Å². The van der Waals surface area contributed by atoms with Gasteiger partial charge >= 0.3 is 5.17 Å². The Kier molecular flexibility index (Phi) is 6.67. The first-order valence-electron chi connectivity index (χ1n) is 5.44. The van der Waals surface area contributed by atoms with Crippen LogP contribution >= 0.6 is 12.6 Å². The zero-order chi connectivity index (χ0) is 12.3. The van der Waals surface area contributed by atoms with E-state index in [1.807, 2.05) is 30.5 Å². The lowest BCUT2D eigenvalue weighted by atomic mass is 10.1. The maximum Gasteiger partial charge on any atom is 0.324 e. The highest BCUT2D eigenvalue weighted by Crippen LogP contribution is 1.99. The van der Waals surface area contributed by atoms with Gasteiger partial charge in [-0.15, -0.1) is 0 Å². The van der Waals surface area contributed by atoms with Gasteiger partial charge in [0.15, 0.2) is 0 Å². The van der Waals surface area contributed by atoms with Crippen LogP contribution in [0.3, 0.4) is 0 Å². The molecule has 0 fully saturated rings. The molecule has 90 valence electrons. The van der Waals surface area contributed by atoms with Crippen molar-refractivity contribution in [1.82, 2.24) is 10.9 Å². The van der Waals surface area contributed by atoms with Crippen LogP contribution in [0.2, 0.25) is 0 Å². The van der Waals surface area contributed by atoms with Gasteiger partial charge < -0.3 is 0 Å². The molecule has 4 heteroatoms. The summed E-state index contributed by atoms with van der Waals surface area (Å²) in [6, 6.07) is 10.3. The van der Waals surface area contributed by atoms with E-state index in [1.165, 1.54) is 5.56 Å². The highest BCUT2D eigenvalue weighted by Gasteiger charge is 1.93. The van der Waals surface area contributed by atoms with E-state index in [9.17, 15) is 0 Å². The molecule has 17 heavy (non-hydrogen) atoms. The largest absolute Gasteiger partial charge is 0.324 e. The Balaban J connectivity index is 2.21. The fourth-order valence-electron chi connectivity index (χ4n) is 1.19. The van der Waals surface area contributed by atoms with Gasteiger partial charge in [0.1, 0.15) is 6.54 Å². The zero-order valence-corrected chi connectivity index (χ0v) is 10.6. The smallest absolute Gasteiger partial charge is 0.264 e. The standard InChI is InChI=1S/C13H17N3S/c1-2-10-14-13(17)16-15-11-6-9-12-7-4-3-5-8-12/h2-8,11,15H,1,9-10H2,(H2,14,16,17)/p+1. The summed E-state index contributed by atoms with van der Waals surface area (Å²) in [6.45, 7) is 4.29. The predicted molar refractivity (Wildman–Crippen MR) is 75.6 cm³/mol. The average molecular weight is 248 g/mol. The Morgan fingerprint density at radius 1 is 1.35 bits per heavy atom. The van der Waals surface area contributed by atoms with Crippen LogP contribution in [-0.2, 0) is 6.42 Å². The second kappa shape index (κ2) is 8.47. The average Bonchev–Trinajstić information content (AvgIpc) is 2.37. The summed E-state index contributed by atoms with van der Waals surface area (Å²) in [5.74, 6) is 0. The third-order valence-electron chi connectivity index (χ3n) is 2.00. The van der Waals surface area contributed by atoms with Crippen molar-refractivity contribution in [3.8, 4) is 0 Å². The molecule has 0 atom stereocenters. The van der Waals surface area contributed by atoms with Crippen molar-refractivity contribution in [2.24, 2.45) is 0 Å². The van der Waals surface area contributed by atoms with Gasteiger partial charge in [-0.2, -0.15) is 5.43 Å². The van der Waals surface area contributed by atoms with Gasteiger partial charge in [-0.05, 0) is 12.0 Å². The summed E-state index contributed by atoms with van der Waals surface area (Å²) in [7, 11) is 0. The first-order valence-corrected chi connectivity index (χ1v) is 5.89. The summed E-state index contributed by atoms with van der Waals surface area (Å²) in [5.41, 5.74) is 7.10. The second-order valence-electron chi connectivity index (χ2n) is 3.38. The number of hydrogen-bond donors (Lipinski definition) is 4. The van der Waals surface area contributed by atoms with Crippen LogP contribution in [0.4, 0.5) is 0 Å². The quantitative estimate of drug-likeness (QED) is 0.193. The third kappa shape index (κ3) is 6.48. The SMILES string of the molecule is C=CC[NH+]=C(S)NNC=CCc1ccccc1. The second-order valence-corrected chi connectivity index (χ2v) is 3.83. The molecule has 0 saturated carbocycles. The van der Waals surface area contributed by atoms with E-state index < -0.39 is 0 Å². The van der Waals surface area contributed by atoms with Gasteiger partial charge in [-0.3, -0.25) is 4.99 Å². The molecule has 0 radical (unpaired) electrons. The summed E-state index contributed by atoms with van der Waals surface area (Å²) < 4.78 is 0. The van der Waals surface area contributed by atoms with Crippen molar-refractivity contribution in [2.75, 3.05) is 6.54 Å². The molecule has 0 heterocycles. The van der Waals surface area contributed by atoms with Crippen molar-refractivity contribution < 1.29 is 4.99 Å². The van der Waals surface area contributed by atoms with E-state index in [2.05, 4.69) is 47.2 Å². The molecule has 0 saturated heterocycles. The van der Waals surface area contributed by atoms with Crippen LogP contribution in [-0.4, -0.2) is 11.7 Å². The van der Waals surface area contributed by atoms with Crippen LogP contribution in [0.1, 0.15) is 5.56 Å². The summed E-state index contributed by atoms with van der Waals surface area (Å²) >= 11 is 4.19. The lowest BCUT2D eigenvalue weighted by Crippen LogP contribution is -2.75. The number of hydrogen-bond acceptors (Lipinski definition) is 1. The Morgan fingerprint density at radius 3 is 2.82 bits per heavy atom. The molecule has 0 bridgehead atoms. The molecule has 0 aliphatic rings. The van der Waals surface area contributed by atoms with E-state index in [4.69, 9.17) is 0 Å². The maximum absolute atomic E-state index is 4.19. The Bertz CT molecular complexity index is 385. The number of thiol groups is 1. The number of hydrazine groups is 1. The lowest BCUT2D eigenvalue weighted by molar-refractivity contribution is -0.443. The molecule has 0 amide bonds. The molecule has 0 unspecified atom stereocenters. The predicted octanol–water partition coefficient (Wildman–Crippen LogP) is 0.389. The number of amidine groups is 1. The Hall–Kier alpha value is -1.68. The minimum absolute atomic E-state index is 0.661. The fraction of sp³-hybridized carbons (Fsp3) is 0.154. The van der Waals surface area contributed by atoms with Gasteiger partial charge in [0.05, 0.1) is 0 Å². The molecule has 0 spiro atoms. The van der Waals surface area contributed by atoms with Crippen LogP contribution in [0.15, 0.2) is 55.3 Å². The summed E-state index contributed by atoms with van der Waals surface area (Å²) in [6.07, 6.45) is 6.55. The molecular formula is C13H18N3S+. The van der Waals surface area contributed by atoms with Crippen molar-refractivity contribution in [2.45, 2.75) is 6.42 Å². The molecule has 1 aromatic carbocycles. The minimum Gasteiger partial charge on any atom is -0.264 e. The normalized spacial score (nSPS) is 11.5. The van der Waals surface area contributed by atoms with Gasteiger partial charge in [0, 0.05) is 6.20 Å². The lowest BCUT2D eigenvalue weighted by Gasteiger charge is -1.96. The molecular weight excluding hydrogens is 230 g/mol. The first kappa shape index (κ1) is 13.4. The van der Waals surface area contributed by atoms with Crippen molar-refractivity contribution >= 4 is 17.8 Å². The minimum atomic E-state index is 0.661. The highest BCUT2D eigenvalue weighted by molar-refractivity contribution is 7.96. The van der Waals surface area contributed by atoms with Crippen molar-refractivity contribution in [3.05, 3.63) is 60.8 Å². The third-order valence-corrected chi connectivity index (χ3v) is 2.27. The Labute approximate surface area is 108 Å². The monoisotopic (exact) mass is 248 g/mol. The van der Waals surface area contributed by atoms with E-state index in [0.29, 0.717) is 11.7 Å². The number of allylic oxidation sites excluding steroid dienone is 1. The molecule has 3 nitrogen and oxygen atoms in total. The molecule has 0 aliphatic carbocycles. The van der Waals surface area contributed by atoms with Gasteiger partial charge in [0.25, 0.3) is 0 Å². The maximum atomic E-state index is 4.19. The van der Waals surface area contributed by atoms with Gasteiger partial charge in [-0.25, -0.2) is 5.43 Å². The Morgan fingerprint density at radius 2 is 2.12 bits per heavy atom. The van der Waals surface area contributed by atoms with Gasteiger partial charge in [-0.1, -0.05) is 61.7 Å².